The summed E-state index contributed by atoms with van der Waals surface area (Å²) in [5.41, 5.74) is 1.33. The average Bonchev–Trinajstić information content (AvgIpc) is 2.77. The highest BCUT2D eigenvalue weighted by atomic mass is 35.5. The Balaban J connectivity index is 1.58. The predicted molar refractivity (Wildman–Crippen MR) is 73.0 cm³/mol. The van der Waals surface area contributed by atoms with Crippen LogP contribution in [0.5, 0.6) is 0 Å². The van der Waals surface area contributed by atoms with E-state index in [1.54, 1.807) is 0 Å². The molecule has 1 heterocycles. The Kier molecular flexibility index (Phi) is 4.88. The minimum Gasteiger partial charge on any atom is -0.321 e. The second-order valence-corrected chi connectivity index (χ2v) is 5.02. The minimum atomic E-state index is -0.0345. The molecule has 1 aliphatic heterocycles. The zero-order chi connectivity index (χ0) is 12.8. The van der Waals surface area contributed by atoms with E-state index in [1.165, 1.54) is 5.56 Å². The maximum Gasteiger partial charge on any atom is 0.339 e. The Morgan fingerprint density at radius 2 is 1.94 bits per heavy atom. The summed E-state index contributed by atoms with van der Waals surface area (Å²) in [5, 5.41) is 4.63. The summed E-state index contributed by atoms with van der Waals surface area (Å²) in [6.07, 6.45) is 4.44. The lowest BCUT2D eigenvalue weighted by Crippen LogP contribution is -2.26. The molecule has 2 amide bonds. The van der Waals surface area contributed by atoms with Gasteiger partial charge < -0.3 is 4.90 Å². The summed E-state index contributed by atoms with van der Waals surface area (Å²) in [5.74, 6) is 0. The fourth-order valence-electron chi connectivity index (χ4n) is 2.13. The number of rotatable bonds is 6. The third kappa shape index (κ3) is 3.91. The van der Waals surface area contributed by atoms with Crippen LogP contribution < -0.4 is 5.32 Å². The Bertz CT molecular complexity index is 391. The smallest absolute Gasteiger partial charge is 0.321 e. The van der Waals surface area contributed by atoms with Crippen molar-refractivity contribution in [2.24, 2.45) is 0 Å². The van der Waals surface area contributed by atoms with E-state index in [0.29, 0.717) is 6.54 Å². The van der Waals surface area contributed by atoms with Crippen molar-refractivity contribution in [3.05, 3.63) is 34.9 Å². The monoisotopic (exact) mass is 265 g/mol. The van der Waals surface area contributed by atoms with E-state index in [4.69, 9.17) is 11.6 Å². The number of nitrogens with zero attached hydrogens (tertiary/aromatic N) is 2. The number of amides is 2. The van der Waals surface area contributed by atoms with E-state index < -0.39 is 0 Å². The molecule has 1 aromatic rings. The van der Waals surface area contributed by atoms with Gasteiger partial charge in [0.05, 0.1) is 6.54 Å². The Morgan fingerprint density at radius 1 is 1.17 bits per heavy atom. The molecule has 4 heteroatoms. The van der Waals surface area contributed by atoms with Crippen LogP contribution in [0.2, 0.25) is 5.02 Å². The topological polar surface area (TPSA) is 34.4 Å². The Hall–Kier alpha value is -1.22. The number of benzene rings is 1. The van der Waals surface area contributed by atoms with Crippen LogP contribution in [0.1, 0.15) is 24.8 Å². The maximum absolute atomic E-state index is 11.2. The number of aryl methyl sites for hydroxylation is 1. The van der Waals surface area contributed by atoms with E-state index in [-0.39, 0.29) is 6.03 Å². The Morgan fingerprint density at radius 3 is 2.61 bits per heavy atom. The highest BCUT2D eigenvalue weighted by Gasteiger charge is 2.19. The largest absolute Gasteiger partial charge is 0.339 e. The van der Waals surface area contributed by atoms with Gasteiger partial charge in [-0.2, -0.15) is 0 Å². The molecule has 3 nitrogen and oxygen atoms in total. The summed E-state index contributed by atoms with van der Waals surface area (Å²) in [4.78, 5) is 13.1. The molecular formula is C14H18ClN2O. The second-order valence-electron chi connectivity index (χ2n) is 4.59. The molecule has 0 spiro atoms. The van der Waals surface area contributed by atoms with Crippen molar-refractivity contribution >= 4 is 17.6 Å². The number of carbonyl (C=O) groups excluding carboxylic acids is 1. The van der Waals surface area contributed by atoms with Gasteiger partial charge in [0.25, 0.3) is 0 Å². The molecule has 0 aliphatic carbocycles. The van der Waals surface area contributed by atoms with Crippen LogP contribution >= 0.6 is 11.6 Å². The molecule has 1 radical (unpaired) electrons. The number of hydrogen-bond acceptors (Lipinski definition) is 1. The van der Waals surface area contributed by atoms with E-state index in [1.807, 2.05) is 17.0 Å². The van der Waals surface area contributed by atoms with E-state index in [2.05, 4.69) is 17.4 Å². The molecule has 0 aromatic heterocycles. The van der Waals surface area contributed by atoms with Gasteiger partial charge >= 0.3 is 6.03 Å². The lowest BCUT2D eigenvalue weighted by atomic mass is 10.1. The first kappa shape index (κ1) is 13.2. The van der Waals surface area contributed by atoms with Crippen LogP contribution in [0.3, 0.4) is 0 Å². The summed E-state index contributed by atoms with van der Waals surface area (Å²) >= 11 is 5.84. The molecule has 0 unspecified atom stereocenters. The highest BCUT2D eigenvalue weighted by Crippen LogP contribution is 2.12. The molecule has 18 heavy (non-hydrogen) atoms. The first-order valence-electron chi connectivity index (χ1n) is 6.46. The van der Waals surface area contributed by atoms with E-state index >= 15 is 0 Å². The standard InChI is InChI=1S/C14H18ClN2O/c15-13-7-5-12(6-8-13)4-2-1-3-10-17-11-9-16-14(17)18/h5-8H,1-4,9-11H2. The van der Waals surface area contributed by atoms with Crippen molar-refractivity contribution < 1.29 is 4.79 Å². The SMILES string of the molecule is O=C1[N]CCN1CCCCCc1ccc(Cl)cc1. The molecule has 0 N–H and O–H groups in total. The van der Waals surface area contributed by atoms with Crippen LogP contribution in [0, 0.1) is 0 Å². The van der Waals surface area contributed by atoms with E-state index in [0.717, 1.165) is 43.8 Å². The van der Waals surface area contributed by atoms with Gasteiger partial charge in [-0.3, -0.25) is 0 Å². The molecule has 2 rings (SSSR count). The van der Waals surface area contributed by atoms with Crippen molar-refractivity contribution in [2.75, 3.05) is 19.6 Å². The number of halogens is 1. The number of urea groups is 1. The zero-order valence-electron chi connectivity index (χ0n) is 10.4. The lowest BCUT2D eigenvalue weighted by molar-refractivity contribution is 0.216. The molecule has 0 atom stereocenters. The molecule has 97 valence electrons. The predicted octanol–water partition coefficient (Wildman–Crippen LogP) is 3.09. The fourth-order valence-corrected chi connectivity index (χ4v) is 2.26. The van der Waals surface area contributed by atoms with Crippen LogP contribution in [0.4, 0.5) is 4.79 Å². The van der Waals surface area contributed by atoms with Gasteiger partial charge in [0.15, 0.2) is 0 Å². The molecule has 1 fully saturated rings. The molecule has 0 bridgehead atoms. The number of carbonyl (C=O) groups is 1. The molecule has 1 aromatic carbocycles. The lowest BCUT2D eigenvalue weighted by Gasteiger charge is -2.12. The Labute approximate surface area is 113 Å². The van der Waals surface area contributed by atoms with Crippen LogP contribution in [0.25, 0.3) is 0 Å². The van der Waals surface area contributed by atoms with Crippen LogP contribution in [-0.2, 0) is 6.42 Å². The van der Waals surface area contributed by atoms with Gasteiger partial charge in [-0.1, -0.05) is 30.2 Å². The maximum atomic E-state index is 11.2. The van der Waals surface area contributed by atoms with E-state index in [9.17, 15) is 4.79 Å². The first-order chi connectivity index (χ1) is 8.75. The third-order valence-corrected chi connectivity index (χ3v) is 3.45. The summed E-state index contributed by atoms with van der Waals surface area (Å²) in [7, 11) is 0. The van der Waals surface area contributed by atoms with Crippen molar-refractivity contribution in [3.63, 3.8) is 0 Å². The minimum absolute atomic E-state index is 0.0345. The van der Waals surface area contributed by atoms with Crippen molar-refractivity contribution in [3.8, 4) is 0 Å². The summed E-state index contributed by atoms with van der Waals surface area (Å²) in [6.45, 7) is 2.32. The number of hydrogen-bond donors (Lipinski definition) is 0. The van der Waals surface area contributed by atoms with Gasteiger partial charge in [-0.15, -0.1) is 0 Å². The number of unbranched alkanes of at least 4 members (excludes halogenated alkanes) is 2. The van der Waals surface area contributed by atoms with Gasteiger partial charge in [-0.25, -0.2) is 10.1 Å². The zero-order valence-corrected chi connectivity index (χ0v) is 11.2. The normalized spacial score (nSPS) is 14.9. The van der Waals surface area contributed by atoms with Crippen molar-refractivity contribution in [2.45, 2.75) is 25.7 Å². The average molecular weight is 266 g/mol. The molecule has 1 aliphatic rings. The fraction of sp³-hybridized carbons (Fsp3) is 0.500. The summed E-state index contributed by atoms with van der Waals surface area (Å²) in [6, 6.07) is 7.98. The van der Waals surface area contributed by atoms with Crippen molar-refractivity contribution in [1.82, 2.24) is 10.2 Å². The van der Waals surface area contributed by atoms with Crippen LogP contribution in [0.15, 0.2) is 24.3 Å². The highest BCUT2D eigenvalue weighted by molar-refractivity contribution is 6.30. The van der Waals surface area contributed by atoms with Crippen molar-refractivity contribution in [1.29, 1.82) is 0 Å². The third-order valence-electron chi connectivity index (χ3n) is 3.19. The first-order valence-corrected chi connectivity index (χ1v) is 6.84. The van der Waals surface area contributed by atoms with Gasteiger partial charge in [0, 0.05) is 18.1 Å². The quantitative estimate of drug-likeness (QED) is 0.728. The summed E-state index contributed by atoms with van der Waals surface area (Å²) < 4.78 is 0. The molecule has 0 saturated carbocycles. The van der Waals surface area contributed by atoms with Gasteiger partial charge in [-0.05, 0) is 37.0 Å². The molecular weight excluding hydrogens is 248 g/mol. The van der Waals surface area contributed by atoms with Gasteiger partial charge in [0.1, 0.15) is 0 Å². The second kappa shape index (κ2) is 6.64. The molecule has 1 saturated heterocycles. The van der Waals surface area contributed by atoms with Crippen LogP contribution in [-0.4, -0.2) is 30.6 Å². The van der Waals surface area contributed by atoms with Gasteiger partial charge in [0.2, 0.25) is 0 Å².